The number of rotatable bonds is 36. The molecule has 62 heavy (non-hydrogen) atoms. The average Bonchev–Trinajstić information content (AvgIpc) is 3.26. The standard InChI is InChI=1S/C47H84O15/c1-3-5-7-9-11-13-15-17-18-20-22-24-26-28-30-39(50)60-35(32-57-38(49)29-27-25-23-21-19-16-14-12-10-8-6-4-2)33-58-46-45(56)43(54)41(52)37(62-46)34-59-47-44(55)42(53)40(51)36(31-48)61-47/h12,14-15,17,35-37,40-48,51-56H,3-11,13,16,18-34H2,1-2H3/b14-12+,17-15+/t35-,36-,37-,40+,41+,42?,43?,44?,45?,46-,47-/m1/s1. The second-order valence-corrected chi connectivity index (χ2v) is 16.9. The van der Waals surface area contributed by atoms with Gasteiger partial charge in [-0.2, -0.15) is 0 Å². The fourth-order valence-electron chi connectivity index (χ4n) is 7.38. The first-order chi connectivity index (χ1) is 30.0. The highest BCUT2D eigenvalue weighted by atomic mass is 16.7. The van der Waals surface area contributed by atoms with Crippen molar-refractivity contribution < 1.29 is 73.8 Å². The van der Waals surface area contributed by atoms with E-state index in [1.54, 1.807) is 0 Å². The van der Waals surface area contributed by atoms with E-state index in [-0.39, 0.29) is 26.1 Å². The number of carbonyl (C=O) groups is 2. The lowest BCUT2D eigenvalue weighted by molar-refractivity contribution is -0.332. The predicted octanol–water partition coefficient (Wildman–Crippen LogP) is 5.60. The molecule has 0 aromatic rings. The summed E-state index contributed by atoms with van der Waals surface area (Å²) in [4.78, 5) is 25.6. The number of unbranched alkanes of at least 4 members (excludes halogenated alkanes) is 18. The minimum atomic E-state index is -1.76. The Morgan fingerprint density at radius 3 is 1.45 bits per heavy atom. The van der Waals surface area contributed by atoms with Gasteiger partial charge >= 0.3 is 11.9 Å². The average molecular weight is 889 g/mol. The van der Waals surface area contributed by atoms with E-state index >= 15 is 0 Å². The number of hydrogen-bond acceptors (Lipinski definition) is 15. The van der Waals surface area contributed by atoms with Crippen LogP contribution in [0.4, 0.5) is 0 Å². The molecule has 2 heterocycles. The van der Waals surface area contributed by atoms with Gasteiger partial charge in [-0.15, -0.1) is 0 Å². The smallest absolute Gasteiger partial charge is 0.306 e. The second kappa shape index (κ2) is 35.3. The van der Waals surface area contributed by atoms with Crippen LogP contribution < -0.4 is 0 Å². The Hall–Kier alpha value is -2.02. The number of carbonyl (C=O) groups excluding carboxylic acids is 2. The van der Waals surface area contributed by atoms with Crippen LogP contribution in [0.1, 0.15) is 168 Å². The summed E-state index contributed by atoms with van der Waals surface area (Å²) >= 11 is 0. The maximum Gasteiger partial charge on any atom is 0.306 e. The largest absolute Gasteiger partial charge is 0.462 e. The molecule has 0 radical (unpaired) electrons. The highest BCUT2D eigenvalue weighted by Gasteiger charge is 2.47. The number of hydrogen-bond donors (Lipinski definition) is 7. The summed E-state index contributed by atoms with van der Waals surface area (Å²) in [7, 11) is 0. The monoisotopic (exact) mass is 889 g/mol. The molecule has 362 valence electrons. The van der Waals surface area contributed by atoms with Gasteiger partial charge in [-0.25, -0.2) is 0 Å². The molecule has 0 amide bonds. The number of ether oxygens (including phenoxy) is 6. The van der Waals surface area contributed by atoms with Crippen LogP contribution in [0.2, 0.25) is 0 Å². The fourth-order valence-corrected chi connectivity index (χ4v) is 7.38. The Balaban J connectivity index is 1.85. The second-order valence-electron chi connectivity index (χ2n) is 16.9. The third-order valence-corrected chi connectivity index (χ3v) is 11.4. The maximum atomic E-state index is 12.9. The first-order valence-corrected chi connectivity index (χ1v) is 23.9. The number of aliphatic hydroxyl groups is 7. The molecule has 4 unspecified atom stereocenters. The lowest BCUT2D eigenvalue weighted by atomic mass is 9.98. The van der Waals surface area contributed by atoms with Gasteiger partial charge in [0.1, 0.15) is 55.4 Å². The van der Waals surface area contributed by atoms with E-state index in [9.17, 15) is 45.3 Å². The summed E-state index contributed by atoms with van der Waals surface area (Å²) in [5.74, 6) is -0.945. The van der Waals surface area contributed by atoms with Crippen LogP contribution in [0.5, 0.6) is 0 Å². The Kier molecular flexibility index (Phi) is 31.9. The highest BCUT2D eigenvalue weighted by molar-refractivity contribution is 5.70. The highest BCUT2D eigenvalue weighted by Crippen LogP contribution is 2.26. The van der Waals surface area contributed by atoms with Crippen molar-refractivity contribution in [2.45, 2.75) is 235 Å². The number of allylic oxidation sites excluding steroid dienone is 4. The first-order valence-electron chi connectivity index (χ1n) is 23.9. The molecule has 2 saturated heterocycles. The summed E-state index contributed by atoms with van der Waals surface area (Å²) in [6.45, 7) is 2.52. The Labute approximate surface area is 371 Å². The van der Waals surface area contributed by atoms with Gasteiger partial charge in [-0.05, 0) is 64.2 Å². The molecule has 0 aliphatic carbocycles. The summed E-state index contributed by atoms with van der Waals surface area (Å²) in [5, 5.41) is 71.9. The maximum absolute atomic E-state index is 12.9. The molecule has 0 aromatic heterocycles. The summed E-state index contributed by atoms with van der Waals surface area (Å²) < 4.78 is 33.5. The number of esters is 2. The van der Waals surface area contributed by atoms with E-state index < -0.39 is 92.7 Å². The van der Waals surface area contributed by atoms with Crippen molar-refractivity contribution in [1.29, 1.82) is 0 Å². The molecule has 2 fully saturated rings. The van der Waals surface area contributed by atoms with Gasteiger partial charge in [-0.1, -0.05) is 115 Å². The molecule has 15 heteroatoms. The molecule has 7 N–H and O–H groups in total. The van der Waals surface area contributed by atoms with Gasteiger partial charge in [0.2, 0.25) is 0 Å². The first kappa shape index (κ1) is 56.1. The van der Waals surface area contributed by atoms with Crippen molar-refractivity contribution in [3.63, 3.8) is 0 Å². The molecule has 0 spiro atoms. The van der Waals surface area contributed by atoms with E-state index in [0.29, 0.717) is 12.8 Å². The molecule has 0 saturated carbocycles. The van der Waals surface area contributed by atoms with Gasteiger partial charge in [-0.3, -0.25) is 9.59 Å². The van der Waals surface area contributed by atoms with Crippen molar-refractivity contribution >= 4 is 11.9 Å². The van der Waals surface area contributed by atoms with Crippen LogP contribution in [0.15, 0.2) is 24.3 Å². The normalized spacial score (nSPS) is 27.2. The molecule has 0 aromatic carbocycles. The van der Waals surface area contributed by atoms with Crippen molar-refractivity contribution in [1.82, 2.24) is 0 Å². The number of aliphatic hydroxyl groups excluding tert-OH is 7. The van der Waals surface area contributed by atoms with Crippen molar-refractivity contribution in [3.05, 3.63) is 24.3 Å². The molecule has 11 atom stereocenters. The van der Waals surface area contributed by atoms with E-state index in [0.717, 1.165) is 77.0 Å². The topological polar surface area (TPSA) is 231 Å². The SMILES string of the molecule is CCCCC/C=C/CCCCCCCC(=O)OC[C@H](CO[C@@H]1O[C@H](CO[C@@H]2O[C@H](CO)[C@H](O)C(O)C2O)[C@H](O)C(O)C1O)OC(=O)CCCCCCC/C=C/CCCCCCC. The van der Waals surface area contributed by atoms with Crippen LogP contribution >= 0.6 is 0 Å². The minimum Gasteiger partial charge on any atom is -0.462 e. The molecule has 2 aliphatic heterocycles. The zero-order valence-electron chi connectivity index (χ0n) is 37.9. The molecule has 2 aliphatic rings. The fraction of sp³-hybridized carbons (Fsp3) is 0.872. The minimum absolute atomic E-state index is 0.155. The van der Waals surface area contributed by atoms with E-state index in [1.807, 2.05) is 0 Å². The van der Waals surface area contributed by atoms with Gasteiger partial charge in [0, 0.05) is 12.8 Å². The quantitative estimate of drug-likeness (QED) is 0.0231. The molecular formula is C47H84O15. The zero-order chi connectivity index (χ0) is 45.4. The summed E-state index contributed by atoms with van der Waals surface area (Å²) in [6.07, 6.45) is 16.4. The molecular weight excluding hydrogens is 805 g/mol. The van der Waals surface area contributed by atoms with Crippen LogP contribution in [0.3, 0.4) is 0 Å². The Morgan fingerprint density at radius 1 is 0.500 bits per heavy atom. The predicted molar refractivity (Wildman–Crippen MR) is 234 cm³/mol. The van der Waals surface area contributed by atoms with Gasteiger partial charge in [0.05, 0.1) is 19.8 Å². The van der Waals surface area contributed by atoms with E-state index in [2.05, 4.69) is 38.2 Å². The summed E-state index contributed by atoms with van der Waals surface area (Å²) in [5.41, 5.74) is 0. The zero-order valence-corrected chi connectivity index (χ0v) is 37.9. The van der Waals surface area contributed by atoms with Crippen LogP contribution in [-0.4, -0.2) is 142 Å². The van der Waals surface area contributed by atoms with Crippen molar-refractivity contribution in [2.75, 3.05) is 26.4 Å². The van der Waals surface area contributed by atoms with Gasteiger partial charge in [0.25, 0.3) is 0 Å². The van der Waals surface area contributed by atoms with Gasteiger partial charge in [0.15, 0.2) is 18.7 Å². The molecule has 2 rings (SSSR count). The Morgan fingerprint density at radius 2 is 0.919 bits per heavy atom. The molecule has 0 bridgehead atoms. The lowest BCUT2D eigenvalue weighted by Gasteiger charge is -2.42. The van der Waals surface area contributed by atoms with Crippen LogP contribution in [0.25, 0.3) is 0 Å². The van der Waals surface area contributed by atoms with E-state index in [1.165, 1.54) is 51.4 Å². The van der Waals surface area contributed by atoms with Crippen molar-refractivity contribution in [3.8, 4) is 0 Å². The van der Waals surface area contributed by atoms with Gasteiger partial charge < -0.3 is 64.2 Å². The lowest BCUT2D eigenvalue weighted by Crippen LogP contribution is -2.61. The van der Waals surface area contributed by atoms with Crippen molar-refractivity contribution in [2.24, 2.45) is 0 Å². The van der Waals surface area contributed by atoms with Crippen LogP contribution in [0, 0.1) is 0 Å². The van der Waals surface area contributed by atoms with E-state index in [4.69, 9.17) is 28.4 Å². The third kappa shape index (κ3) is 23.8. The Bertz CT molecular complexity index is 1180. The van der Waals surface area contributed by atoms with Crippen LogP contribution in [-0.2, 0) is 38.0 Å². The summed E-state index contributed by atoms with van der Waals surface area (Å²) in [6, 6.07) is 0. The third-order valence-electron chi connectivity index (χ3n) is 11.4. The molecule has 15 nitrogen and oxygen atoms in total.